The van der Waals surface area contributed by atoms with Crippen molar-refractivity contribution in [1.29, 1.82) is 0 Å². The second-order valence-electron chi connectivity index (χ2n) is 4.70. The minimum Gasteiger partial charge on any atom is -0.465 e. The molecule has 0 aliphatic heterocycles. The number of nitrogens with one attached hydrogen (secondary N) is 1. The summed E-state index contributed by atoms with van der Waals surface area (Å²) in [6.07, 6.45) is 0.792. The van der Waals surface area contributed by atoms with Gasteiger partial charge in [-0.3, -0.25) is 4.79 Å². The van der Waals surface area contributed by atoms with Crippen LogP contribution in [0.2, 0.25) is 0 Å². The fourth-order valence-corrected chi connectivity index (χ4v) is 3.01. The highest BCUT2D eigenvalue weighted by Gasteiger charge is 2.23. The van der Waals surface area contributed by atoms with Crippen LogP contribution in [0, 0.1) is 5.92 Å². The van der Waals surface area contributed by atoms with E-state index in [-0.39, 0.29) is 17.4 Å². The highest BCUT2D eigenvalue weighted by molar-refractivity contribution is 9.11. The molecule has 0 bridgehead atoms. The van der Waals surface area contributed by atoms with Crippen molar-refractivity contribution >= 4 is 49.4 Å². The molecule has 0 spiro atoms. The molecule has 2 unspecified atom stereocenters. The maximum Gasteiger partial charge on any atom is 0.340 e. The highest BCUT2D eigenvalue weighted by atomic mass is 79.9. The van der Waals surface area contributed by atoms with E-state index in [0.717, 1.165) is 6.42 Å². The van der Waals surface area contributed by atoms with Crippen LogP contribution in [0.3, 0.4) is 0 Å². The molecule has 2 atom stereocenters. The Labute approximate surface area is 140 Å². The van der Waals surface area contributed by atoms with Gasteiger partial charge in [0.15, 0.2) is 0 Å². The largest absolute Gasteiger partial charge is 0.465 e. The van der Waals surface area contributed by atoms with Crippen LogP contribution in [0.5, 0.6) is 0 Å². The molecule has 0 heterocycles. The Kier molecular flexibility index (Phi) is 6.83. The van der Waals surface area contributed by atoms with Gasteiger partial charge in [-0.2, -0.15) is 0 Å². The molecule has 0 aliphatic carbocycles. The third-order valence-electron chi connectivity index (χ3n) is 3.27. The summed E-state index contributed by atoms with van der Waals surface area (Å²) in [6, 6.07) is 2.67. The summed E-state index contributed by atoms with van der Waals surface area (Å²) in [5, 5.41) is 2.70. The first kappa shape index (κ1) is 18.1. The van der Waals surface area contributed by atoms with E-state index in [2.05, 4.69) is 37.2 Å². The molecule has 0 aromatic heterocycles. The summed E-state index contributed by atoms with van der Waals surface area (Å²) >= 11 is 6.63. The van der Waals surface area contributed by atoms with Crippen molar-refractivity contribution in [2.75, 3.05) is 12.4 Å². The van der Waals surface area contributed by atoms with Crippen LogP contribution in [0.25, 0.3) is 0 Å². The summed E-state index contributed by atoms with van der Waals surface area (Å²) in [6.45, 7) is 3.87. The normalized spacial score (nSPS) is 13.4. The number of nitrogens with two attached hydrogens (primary N) is 1. The van der Waals surface area contributed by atoms with Gasteiger partial charge in [0.05, 0.1) is 24.4 Å². The van der Waals surface area contributed by atoms with Crippen LogP contribution >= 0.6 is 31.9 Å². The van der Waals surface area contributed by atoms with Crippen molar-refractivity contribution in [2.24, 2.45) is 11.7 Å². The van der Waals surface area contributed by atoms with Crippen LogP contribution in [-0.2, 0) is 9.53 Å². The molecule has 0 radical (unpaired) electrons. The number of benzene rings is 1. The van der Waals surface area contributed by atoms with Crippen molar-refractivity contribution in [1.82, 2.24) is 0 Å². The molecule has 116 valence electrons. The van der Waals surface area contributed by atoms with Crippen LogP contribution in [0.15, 0.2) is 21.1 Å². The Hall–Kier alpha value is -0.920. The lowest BCUT2D eigenvalue weighted by Gasteiger charge is -2.19. The van der Waals surface area contributed by atoms with E-state index in [9.17, 15) is 9.59 Å². The maximum absolute atomic E-state index is 12.2. The first-order valence-corrected chi connectivity index (χ1v) is 8.04. The third-order valence-corrected chi connectivity index (χ3v) is 4.35. The predicted octanol–water partition coefficient (Wildman–Crippen LogP) is 3.31. The molecule has 5 nitrogen and oxygen atoms in total. The topological polar surface area (TPSA) is 81.4 Å². The molecule has 0 fully saturated rings. The van der Waals surface area contributed by atoms with E-state index in [1.165, 1.54) is 7.11 Å². The highest BCUT2D eigenvalue weighted by Crippen LogP contribution is 2.31. The van der Waals surface area contributed by atoms with Gasteiger partial charge < -0.3 is 15.8 Å². The number of esters is 1. The van der Waals surface area contributed by atoms with E-state index >= 15 is 0 Å². The number of methoxy groups -OCH3 is 1. The second kappa shape index (κ2) is 7.91. The van der Waals surface area contributed by atoms with E-state index < -0.39 is 12.0 Å². The van der Waals surface area contributed by atoms with Crippen LogP contribution in [0.4, 0.5) is 5.69 Å². The molecule has 0 saturated carbocycles. The zero-order valence-corrected chi connectivity index (χ0v) is 15.2. The molecule has 0 aliphatic rings. The zero-order valence-electron chi connectivity index (χ0n) is 12.1. The summed E-state index contributed by atoms with van der Waals surface area (Å²) < 4.78 is 6.00. The average Bonchev–Trinajstić information content (AvgIpc) is 2.46. The summed E-state index contributed by atoms with van der Waals surface area (Å²) in [4.78, 5) is 24.0. The van der Waals surface area contributed by atoms with Gasteiger partial charge >= 0.3 is 5.97 Å². The Balaban J connectivity index is 3.13. The number of amides is 1. The van der Waals surface area contributed by atoms with E-state index in [1.807, 2.05) is 13.8 Å². The molecule has 3 N–H and O–H groups in total. The molecular formula is C14H18Br2N2O3. The maximum atomic E-state index is 12.2. The second-order valence-corrected chi connectivity index (χ2v) is 6.47. The number of carbonyl (C=O) groups excluding carboxylic acids is 2. The van der Waals surface area contributed by atoms with Crippen molar-refractivity contribution in [3.05, 3.63) is 26.6 Å². The zero-order chi connectivity index (χ0) is 16.2. The van der Waals surface area contributed by atoms with Crippen molar-refractivity contribution in [3.63, 3.8) is 0 Å². The number of carbonyl (C=O) groups is 2. The molecular weight excluding hydrogens is 404 g/mol. The molecule has 1 rings (SSSR count). The lowest BCUT2D eigenvalue weighted by Crippen LogP contribution is -2.41. The molecule has 21 heavy (non-hydrogen) atoms. The Morgan fingerprint density at radius 1 is 1.38 bits per heavy atom. The van der Waals surface area contributed by atoms with Gasteiger partial charge in [-0.1, -0.05) is 36.2 Å². The first-order valence-electron chi connectivity index (χ1n) is 6.45. The van der Waals surface area contributed by atoms with Crippen molar-refractivity contribution < 1.29 is 14.3 Å². The fourth-order valence-electron chi connectivity index (χ4n) is 1.69. The average molecular weight is 422 g/mol. The third kappa shape index (κ3) is 4.52. The van der Waals surface area contributed by atoms with Gasteiger partial charge in [-0.15, -0.1) is 0 Å². The van der Waals surface area contributed by atoms with Gasteiger partial charge in [0.1, 0.15) is 0 Å². The van der Waals surface area contributed by atoms with Crippen molar-refractivity contribution in [3.8, 4) is 0 Å². The lowest BCUT2D eigenvalue weighted by atomic mass is 9.99. The number of halogens is 2. The van der Waals surface area contributed by atoms with Gasteiger partial charge in [0, 0.05) is 8.95 Å². The van der Waals surface area contributed by atoms with Crippen LogP contribution in [0.1, 0.15) is 30.6 Å². The number of ether oxygens (including phenoxy) is 1. The number of anilines is 1. The van der Waals surface area contributed by atoms with Crippen LogP contribution < -0.4 is 11.1 Å². The monoisotopic (exact) mass is 420 g/mol. The standard InChI is InChI=1S/C14H18Br2N2O3/c1-4-7(2)11(17)13(19)18-12-9(14(20)21-3)5-8(15)6-10(12)16/h5-7,11H,4,17H2,1-3H3,(H,18,19). The molecule has 1 amide bonds. The van der Waals surface area contributed by atoms with Gasteiger partial charge in [0.25, 0.3) is 0 Å². The Bertz CT molecular complexity index is 549. The smallest absolute Gasteiger partial charge is 0.340 e. The van der Waals surface area contributed by atoms with E-state index in [4.69, 9.17) is 10.5 Å². The van der Waals surface area contributed by atoms with Crippen LogP contribution in [-0.4, -0.2) is 25.0 Å². The minimum atomic E-state index is -0.643. The van der Waals surface area contributed by atoms with Gasteiger partial charge in [-0.25, -0.2) is 4.79 Å². The molecule has 0 saturated heterocycles. The molecule has 7 heteroatoms. The summed E-state index contributed by atoms with van der Waals surface area (Å²) in [7, 11) is 1.29. The lowest BCUT2D eigenvalue weighted by molar-refractivity contribution is -0.118. The number of hydrogen-bond acceptors (Lipinski definition) is 4. The first-order chi connectivity index (χ1) is 9.81. The van der Waals surface area contributed by atoms with E-state index in [0.29, 0.717) is 14.6 Å². The fraction of sp³-hybridized carbons (Fsp3) is 0.429. The molecule has 1 aromatic rings. The number of rotatable bonds is 5. The Morgan fingerprint density at radius 3 is 2.52 bits per heavy atom. The quantitative estimate of drug-likeness (QED) is 0.714. The SMILES string of the molecule is CCC(C)C(N)C(=O)Nc1c(Br)cc(Br)cc1C(=O)OC. The van der Waals surface area contributed by atoms with E-state index in [1.54, 1.807) is 12.1 Å². The minimum absolute atomic E-state index is 0.0424. The van der Waals surface area contributed by atoms with Gasteiger partial charge in [0.2, 0.25) is 5.91 Å². The van der Waals surface area contributed by atoms with Crippen molar-refractivity contribution in [2.45, 2.75) is 26.3 Å². The number of hydrogen-bond donors (Lipinski definition) is 2. The van der Waals surface area contributed by atoms with Gasteiger partial charge in [-0.05, 0) is 34.0 Å². The summed E-state index contributed by atoms with van der Waals surface area (Å²) in [5.74, 6) is -0.831. The predicted molar refractivity (Wildman–Crippen MR) is 89.2 cm³/mol. The summed E-state index contributed by atoms with van der Waals surface area (Å²) in [5.41, 5.74) is 6.51. The Morgan fingerprint density at radius 2 is 2.00 bits per heavy atom. The molecule has 1 aromatic carbocycles.